The predicted octanol–water partition coefficient (Wildman–Crippen LogP) is 1.85. The number of nitrogens with two attached hydrogens (primary N) is 1. The van der Waals surface area contributed by atoms with Crippen LogP contribution in [0.25, 0.3) is 5.69 Å². The van der Waals surface area contributed by atoms with Crippen LogP contribution in [-0.4, -0.2) is 20.9 Å². The van der Waals surface area contributed by atoms with Crippen LogP contribution >= 0.6 is 0 Å². The molecule has 2 rings (SSSR count). The molecule has 1 aromatic heterocycles. The monoisotopic (exact) mass is 249 g/mol. The average Bonchev–Trinajstić information content (AvgIpc) is 2.67. The van der Waals surface area contributed by atoms with E-state index in [-0.39, 0.29) is 17.1 Å². The number of aromatic nitrogens is 2. The standard InChI is InChI=1S/C12H12FN3O2/c1-2-8-10(12(17)18)11(14)16(15-8)9-6-4-3-5-7(9)13/h3-6H,2,14H2,1H3,(H,17,18). The van der Waals surface area contributed by atoms with E-state index >= 15 is 0 Å². The zero-order valence-electron chi connectivity index (χ0n) is 9.72. The van der Waals surface area contributed by atoms with Crippen LogP contribution in [0.3, 0.4) is 0 Å². The average molecular weight is 249 g/mol. The van der Waals surface area contributed by atoms with Crippen LogP contribution in [0.1, 0.15) is 23.0 Å². The van der Waals surface area contributed by atoms with E-state index < -0.39 is 11.8 Å². The molecule has 0 spiro atoms. The summed E-state index contributed by atoms with van der Waals surface area (Å²) in [5.74, 6) is -1.73. The zero-order valence-corrected chi connectivity index (χ0v) is 9.72. The van der Waals surface area contributed by atoms with Gasteiger partial charge < -0.3 is 10.8 Å². The Hall–Kier alpha value is -2.37. The lowest BCUT2D eigenvalue weighted by Gasteiger charge is -2.04. The highest BCUT2D eigenvalue weighted by atomic mass is 19.1. The molecular weight excluding hydrogens is 237 g/mol. The zero-order chi connectivity index (χ0) is 13.3. The van der Waals surface area contributed by atoms with Crippen LogP contribution in [0.4, 0.5) is 10.2 Å². The summed E-state index contributed by atoms with van der Waals surface area (Å²) in [6, 6.07) is 5.93. The van der Waals surface area contributed by atoms with Crippen molar-refractivity contribution in [2.24, 2.45) is 0 Å². The number of halogens is 1. The summed E-state index contributed by atoms with van der Waals surface area (Å²) in [7, 11) is 0. The number of rotatable bonds is 3. The molecule has 0 saturated carbocycles. The van der Waals surface area contributed by atoms with Crippen LogP contribution < -0.4 is 5.73 Å². The fourth-order valence-corrected chi connectivity index (χ4v) is 1.77. The lowest BCUT2D eigenvalue weighted by atomic mass is 10.2. The van der Waals surface area contributed by atoms with Gasteiger partial charge in [-0.25, -0.2) is 13.9 Å². The number of carboxylic acid groups (broad SMARTS) is 1. The molecule has 2 aromatic rings. The predicted molar refractivity (Wildman–Crippen MR) is 64.3 cm³/mol. The number of hydrogen-bond acceptors (Lipinski definition) is 3. The van der Waals surface area contributed by atoms with Gasteiger partial charge in [-0.2, -0.15) is 5.10 Å². The second kappa shape index (κ2) is 4.48. The van der Waals surface area contributed by atoms with E-state index in [1.807, 2.05) is 0 Å². The number of para-hydroxylation sites is 1. The Morgan fingerprint density at radius 1 is 1.50 bits per heavy atom. The second-order valence-electron chi connectivity index (χ2n) is 3.73. The number of carbonyl (C=O) groups is 1. The van der Waals surface area contributed by atoms with Crippen LogP contribution in [-0.2, 0) is 6.42 Å². The van der Waals surface area contributed by atoms with Gasteiger partial charge in [0.2, 0.25) is 0 Å². The number of aryl methyl sites for hydroxylation is 1. The molecule has 18 heavy (non-hydrogen) atoms. The van der Waals surface area contributed by atoms with Gasteiger partial charge in [0.25, 0.3) is 0 Å². The van der Waals surface area contributed by atoms with Gasteiger partial charge in [-0.1, -0.05) is 19.1 Å². The van der Waals surface area contributed by atoms with Crippen LogP contribution in [0.15, 0.2) is 24.3 Å². The van der Waals surface area contributed by atoms with E-state index in [1.54, 1.807) is 13.0 Å². The topological polar surface area (TPSA) is 81.1 Å². The minimum atomic E-state index is -1.16. The van der Waals surface area contributed by atoms with Crippen molar-refractivity contribution in [3.8, 4) is 5.69 Å². The van der Waals surface area contributed by atoms with Crippen molar-refractivity contribution >= 4 is 11.8 Å². The van der Waals surface area contributed by atoms with E-state index in [9.17, 15) is 9.18 Å². The highest BCUT2D eigenvalue weighted by Crippen LogP contribution is 2.23. The number of anilines is 1. The first-order valence-corrected chi connectivity index (χ1v) is 5.41. The van der Waals surface area contributed by atoms with Gasteiger partial charge in [0.05, 0.1) is 5.69 Å². The molecule has 0 saturated heterocycles. The smallest absolute Gasteiger partial charge is 0.341 e. The molecule has 0 aliphatic carbocycles. The number of nitrogens with zero attached hydrogens (tertiary/aromatic N) is 2. The summed E-state index contributed by atoms with van der Waals surface area (Å²) >= 11 is 0. The van der Waals surface area contributed by atoms with Gasteiger partial charge in [0.1, 0.15) is 22.9 Å². The van der Waals surface area contributed by atoms with Crippen molar-refractivity contribution in [1.82, 2.24) is 9.78 Å². The highest BCUT2D eigenvalue weighted by Gasteiger charge is 2.22. The van der Waals surface area contributed by atoms with Gasteiger partial charge in [-0.3, -0.25) is 0 Å². The van der Waals surface area contributed by atoms with Gasteiger partial charge in [0, 0.05) is 0 Å². The Balaban J connectivity index is 2.67. The fraction of sp³-hybridized carbons (Fsp3) is 0.167. The Morgan fingerprint density at radius 2 is 2.17 bits per heavy atom. The van der Waals surface area contributed by atoms with Crippen molar-refractivity contribution in [2.45, 2.75) is 13.3 Å². The van der Waals surface area contributed by atoms with E-state index in [1.165, 1.54) is 18.2 Å². The Kier molecular flexibility index (Phi) is 3.01. The SMILES string of the molecule is CCc1nn(-c2ccccc2F)c(N)c1C(=O)O. The summed E-state index contributed by atoms with van der Waals surface area (Å²) in [6.07, 6.45) is 0.410. The molecule has 0 fully saturated rings. The van der Waals surface area contributed by atoms with E-state index in [0.29, 0.717) is 12.1 Å². The van der Waals surface area contributed by atoms with Crippen LogP contribution in [0, 0.1) is 5.82 Å². The number of carboxylic acids is 1. The first-order chi connectivity index (χ1) is 8.56. The van der Waals surface area contributed by atoms with Gasteiger partial charge in [-0.15, -0.1) is 0 Å². The molecule has 0 aliphatic rings. The number of nitrogen functional groups attached to an aromatic ring is 1. The third-order valence-corrected chi connectivity index (χ3v) is 2.62. The maximum Gasteiger partial charge on any atom is 0.341 e. The van der Waals surface area contributed by atoms with Gasteiger partial charge >= 0.3 is 5.97 Å². The van der Waals surface area contributed by atoms with Crippen molar-refractivity contribution in [1.29, 1.82) is 0 Å². The summed E-state index contributed by atoms with van der Waals surface area (Å²) in [5.41, 5.74) is 6.14. The molecular formula is C12H12FN3O2. The number of hydrogen-bond donors (Lipinski definition) is 2. The van der Waals surface area contributed by atoms with Crippen molar-refractivity contribution in [3.63, 3.8) is 0 Å². The summed E-state index contributed by atoms with van der Waals surface area (Å²) < 4.78 is 14.8. The van der Waals surface area contributed by atoms with E-state index in [2.05, 4.69) is 5.10 Å². The van der Waals surface area contributed by atoms with Crippen LogP contribution in [0.5, 0.6) is 0 Å². The van der Waals surface area contributed by atoms with E-state index in [4.69, 9.17) is 10.8 Å². The van der Waals surface area contributed by atoms with Crippen molar-refractivity contribution in [2.75, 3.05) is 5.73 Å². The van der Waals surface area contributed by atoms with Crippen LogP contribution in [0.2, 0.25) is 0 Å². The molecule has 0 unspecified atom stereocenters. The summed E-state index contributed by atoms with van der Waals surface area (Å²) in [5, 5.41) is 13.1. The van der Waals surface area contributed by atoms with Gasteiger partial charge in [0.15, 0.2) is 0 Å². The van der Waals surface area contributed by atoms with Gasteiger partial charge in [-0.05, 0) is 18.6 Å². The first kappa shape index (κ1) is 12.1. The molecule has 0 atom stereocenters. The second-order valence-corrected chi connectivity index (χ2v) is 3.73. The Bertz CT molecular complexity index is 607. The molecule has 1 aromatic carbocycles. The third-order valence-electron chi connectivity index (χ3n) is 2.62. The minimum Gasteiger partial charge on any atom is -0.477 e. The lowest BCUT2D eigenvalue weighted by Crippen LogP contribution is -2.07. The largest absolute Gasteiger partial charge is 0.477 e. The maximum absolute atomic E-state index is 13.6. The van der Waals surface area contributed by atoms with Crippen molar-refractivity contribution < 1.29 is 14.3 Å². The lowest BCUT2D eigenvalue weighted by molar-refractivity contribution is 0.0697. The molecule has 0 radical (unpaired) electrons. The molecule has 0 aliphatic heterocycles. The molecule has 1 heterocycles. The molecule has 5 nitrogen and oxygen atoms in total. The maximum atomic E-state index is 13.6. The third kappa shape index (κ3) is 1.81. The molecule has 0 bridgehead atoms. The summed E-state index contributed by atoms with van der Waals surface area (Å²) in [6.45, 7) is 1.76. The molecule has 0 amide bonds. The first-order valence-electron chi connectivity index (χ1n) is 5.41. The normalized spacial score (nSPS) is 10.6. The van der Waals surface area contributed by atoms with E-state index in [0.717, 1.165) is 4.68 Å². The molecule has 94 valence electrons. The minimum absolute atomic E-state index is 0.0653. The number of aromatic carboxylic acids is 1. The highest BCUT2D eigenvalue weighted by molar-refractivity contribution is 5.94. The molecule has 3 N–H and O–H groups in total. The quantitative estimate of drug-likeness (QED) is 0.869. The fourth-order valence-electron chi connectivity index (χ4n) is 1.77. The van der Waals surface area contributed by atoms with Crippen molar-refractivity contribution in [3.05, 3.63) is 41.3 Å². The number of benzene rings is 1. The Morgan fingerprint density at radius 3 is 2.67 bits per heavy atom. The molecule has 6 heteroatoms. The summed E-state index contributed by atoms with van der Waals surface area (Å²) in [4.78, 5) is 11.1. The Labute approximate surface area is 103 Å².